The first-order chi connectivity index (χ1) is 16.6. The number of piperazine rings is 1. The van der Waals surface area contributed by atoms with Gasteiger partial charge in [0.15, 0.2) is 0 Å². The highest BCUT2D eigenvalue weighted by Gasteiger charge is 2.22. The number of nitrogens with zero attached hydrogens (tertiary/aromatic N) is 1. The molecule has 4 rings (SSSR count). The molecule has 0 aliphatic carbocycles. The maximum Gasteiger partial charge on any atom is 0.224 e. The van der Waals surface area contributed by atoms with Crippen molar-refractivity contribution in [1.82, 2.24) is 0 Å². The lowest BCUT2D eigenvalue weighted by atomic mass is 10.0. The van der Waals surface area contributed by atoms with E-state index in [1.807, 2.05) is 30.3 Å². The third-order valence-corrected chi connectivity index (χ3v) is 6.72. The van der Waals surface area contributed by atoms with Crippen molar-refractivity contribution in [1.29, 1.82) is 0 Å². The molecular weight excluding hydrogens is 521 g/mol. The molecule has 0 radical (unpaired) electrons. The van der Waals surface area contributed by atoms with Gasteiger partial charge in [0.05, 0.1) is 55.1 Å². The Morgan fingerprint density at radius 2 is 1.74 bits per heavy atom. The number of hydrogen-bond donors (Lipinski definition) is 2. The number of benzene rings is 2. The fourth-order valence-corrected chi connectivity index (χ4v) is 4.57. The molecule has 192 valence electrons. The van der Waals surface area contributed by atoms with E-state index in [2.05, 4.69) is 16.3 Å². The van der Waals surface area contributed by atoms with Crippen LogP contribution in [0.4, 0.5) is 11.4 Å². The van der Waals surface area contributed by atoms with E-state index in [0.717, 1.165) is 69.1 Å². The monoisotopic (exact) mass is 547 g/mol. The molecule has 2 N–H and O–H groups in total. The number of amides is 1. The lowest BCUT2D eigenvalue weighted by molar-refractivity contribution is -2.00. The highest BCUT2D eigenvalue weighted by molar-refractivity contribution is 6.43. The molecule has 1 saturated heterocycles. The molecule has 12 heteroatoms. The molecule has 1 fully saturated rings. The van der Waals surface area contributed by atoms with Crippen LogP contribution in [0, 0.1) is 10.2 Å². The van der Waals surface area contributed by atoms with E-state index in [-0.39, 0.29) is 5.91 Å². The second-order valence-electron chi connectivity index (χ2n) is 8.36. The second kappa shape index (κ2) is 12.9. The van der Waals surface area contributed by atoms with Gasteiger partial charge in [0.1, 0.15) is 5.75 Å². The van der Waals surface area contributed by atoms with Gasteiger partial charge in [-0.15, -0.1) is 10.2 Å². The first kappa shape index (κ1) is 27.8. The molecule has 0 unspecified atom stereocenters. The SMILES string of the molecule is O=C1CCc2ccc(OCCCC[NH+]3CCN(c4cccc(Cl)c4Cl)CC3)cc2N1.[O-][Cl+3]([O-])([O-])[O-]. The quantitative estimate of drug-likeness (QED) is 0.410. The molecule has 0 atom stereocenters. The van der Waals surface area contributed by atoms with Gasteiger partial charge in [-0.3, -0.25) is 4.79 Å². The molecule has 0 aromatic heterocycles. The molecule has 1 amide bonds. The Balaban J connectivity index is 0.000000623. The van der Waals surface area contributed by atoms with Crippen LogP contribution in [0.5, 0.6) is 5.75 Å². The van der Waals surface area contributed by atoms with Crippen molar-refractivity contribution in [3.8, 4) is 5.75 Å². The number of anilines is 2. The van der Waals surface area contributed by atoms with Gasteiger partial charge in [-0.2, -0.15) is 0 Å². The molecule has 2 heterocycles. The molecule has 0 bridgehead atoms. The van der Waals surface area contributed by atoms with Gasteiger partial charge in [0.25, 0.3) is 0 Å². The summed E-state index contributed by atoms with van der Waals surface area (Å²) in [6.45, 7) is 6.05. The summed E-state index contributed by atoms with van der Waals surface area (Å²) < 4.78 is 39.9. The molecule has 9 nitrogen and oxygen atoms in total. The first-order valence-electron chi connectivity index (χ1n) is 11.3. The number of halogens is 3. The van der Waals surface area contributed by atoms with Crippen molar-refractivity contribution in [2.75, 3.05) is 49.5 Å². The fourth-order valence-electron chi connectivity index (χ4n) is 4.16. The van der Waals surface area contributed by atoms with Gasteiger partial charge in [0.2, 0.25) is 5.91 Å². The number of unbranched alkanes of at least 4 members (excludes halogenated alkanes) is 1. The zero-order chi connectivity index (χ0) is 25.4. The molecule has 0 saturated carbocycles. The van der Waals surface area contributed by atoms with Crippen LogP contribution in [0.25, 0.3) is 0 Å². The molecule has 2 aliphatic rings. The minimum Gasteiger partial charge on any atom is -0.494 e. The maximum absolute atomic E-state index is 11.5. The first-order valence-corrected chi connectivity index (χ1v) is 13.3. The van der Waals surface area contributed by atoms with E-state index in [1.54, 1.807) is 4.90 Å². The number of carbonyl (C=O) groups is 1. The van der Waals surface area contributed by atoms with Crippen LogP contribution < -0.4 is 38.5 Å². The zero-order valence-corrected chi connectivity index (χ0v) is 21.3. The van der Waals surface area contributed by atoms with Crippen LogP contribution in [0.1, 0.15) is 24.8 Å². The van der Waals surface area contributed by atoms with E-state index in [0.29, 0.717) is 23.1 Å². The average Bonchev–Trinajstić information content (AvgIpc) is 2.80. The number of nitrogens with one attached hydrogen (secondary N) is 2. The Hall–Kier alpha value is -1.82. The Bertz CT molecular complexity index is 991. The van der Waals surface area contributed by atoms with Crippen molar-refractivity contribution in [2.45, 2.75) is 25.7 Å². The molecule has 35 heavy (non-hydrogen) atoms. The van der Waals surface area contributed by atoms with Gasteiger partial charge < -0.3 is 19.9 Å². The van der Waals surface area contributed by atoms with Crippen LogP contribution in [-0.4, -0.2) is 45.2 Å². The standard InChI is InChI=1S/C23H27Cl2N3O2.ClHO4/c24-19-4-3-5-21(23(19)25)28-13-11-27(12-14-28)10-1-2-15-30-18-8-6-17-7-9-22(29)26-20(17)16-18;2-1(3,4)5/h3-6,8,16H,1-2,7,9-15H2,(H,26,29);(H,2,3,4,5). The normalized spacial score (nSPS) is 16.2. The molecule has 2 aromatic rings. The minimum absolute atomic E-state index is 0.0837. The van der Waals surface area contributed by atoms with E-state index in [1.165, 1.54) is 5.56 Å². The van der Waals surface area contributed by atoms with Crippen LogP contribution in [-0.2, 0) is 11.2 Å². The minimum atomic E-state index is -4.94. The van der Waals surface area contributed by atoms with Crippen molar-refractivity contribution >= 4 is 40.5 Å². The summed E-state index contributed by atoms with van der Waals surface area (Å²) in [5.41, 5.74) is 3.12. The van der Waals surface area contributed by atoms with Gasteiger partial charge in [-0.1, -0.05) is 35.3 Å². The van der Waals surface area contributed by atoms with Crippen molar-refractivity contribution in [3.63, 3.8) is 0 Å². The van der Waals surface area contributed by atoms with Crippen LogP contribution in [0.2, 0.25) is 10.0 Å². The molecular formula is C23H28Cl3N3O6. The number of fused-ring (bicyclic) bond motifs is 1. The number of aryl methyl sites for hydroxylation is 1. The number of carbonyl (C=O) groups excluding carboxylic acids is 1. The zero-order valence-electron chi connectivity index (χ0n) is 19.1. The second-order valence-corrected chi connectivity index (χ2v) is 9.90. The maximum atomic E-state index is 11.5. The summed E-state index contributed by atoms with van der Waals surface area (Å²) in [5.74, 6) is 0.913. The van der Waals surface area contributed by atoms with Crippen molar-refractivity contribution < 1.29 is 43.3 Å². The topological polar surface area (TPSA) is 138 Å². The number of hydrogen-bond acceptors (Lipinski definition) is 7. The summed E-state index contributed by atoms with van der Waals surface area (Å²) in [4.78, 5) is 15.5. The van der Waals surface area contributed by atoms with Crippen LogP contribution in [0.3, 0.4) is 0 Å². The van der Waals surface area contributed by atoms with E-state index >= 15 is 0 Å². The Morgan fingerprint density at radius 1 is 1.03 bits per heavy atom. The number of ether oxygens (including phenoxy) is 1. The predicted octanol–water partition coefficient (Wildman–Crippen LogP) is -1.31. The lowest BCUT2D eigenvalue weighted by Gasteiger charge is -2.34. The third-order valence-electron chi connectivity index (χ3n) is 5.91. The Labute approximate surface area is 216 Å². The van der Waals surface area contributed by atoms with Crippen LogP contribution >= 0.6 is 23.2 Å². The van der Waals surface area contributed by atoms with Crippen molar-refractivity contribution in [3.05, 3.63) is 52.0 Å². The van der Waals surface area contributed by atoms with E-state index in [4.69, 9.17) is 46.6 Å². The highest BCUT2D eigenvalue weighted by atomic mass is 35.7. The van der Waals surface area contributed by atoms with Gasteiger partial charge in [-0.25, -0.2) is 18.6 Å². The highest BCUT2D eigenvalue weighted by Crippen LogP contribution is 2.32. The number of rotatable bonds is 7. The van der Waals surface area contributed by atoms with Gasteiger partial charge >= 0.3 is 0 Å². The van der Waals surface area contributed by atoms with E-state index < -0.39 is 10.2 Å². The van der Waals surface area contributed by atoms with E-state index in [9.17, 15) is 4.79 Å². The summed E-state index contributed by atoms with van der Waals surface area (Å²) >= 11 is 12.5. The average molecular weight is 549 g/mol. The predicted molar refractivity (Wildman–Crippen MR) is 122 cm³/mol. The summed E-state index contributed by atoms with van der Waals surface area (Å²) in [5, 5.41) is 4.20. The molecule has 2 aromatic carbocycles. The lowest BCUT2D eigenvalue weighted by Crippen LogP contribution is -3.14. The van der Waals surface area contributed by atoms with Gasteiger partial charge in [0, 0.05) is 18.2 Å². The number of quaternary nitrogens is 1. The summed E-state index contributed by atoms with van der Waals surface area (Å²) in [6, 6.07) is 11.8. The third kappa shape index (κ3) is 9.29. The molecule has 2 aliphatic heterocycles. The molecule has 0 spiro atoms. The van der Waals surface area contributed by atoms with Crippen molar-refractivity contribution in [2.24, 2.45) is 0 Å². The largest absolute Gasteiger partial charge is 0.494 e. The Morgan fingerprint density at radius 3 is 2.46 bits per heavy atom. The van der Waals surface area contributed by atoms with Gasteiger partial charge in [-0.05, 0) is 43.0 Å². The summed E-state index contributed by atoms with van der Waals surface area (Å²) in [6.07, 6.45) is 3.53. The van der Waals surface area contributed by atoms with Crippen LogP contribution in [0.15, 0.2) is 36.4 Å². The fraction of sp³-hybridized carbons (Fsp3) is 0.435. The smallest absolute Gasteiger partial charge is 0.224 e. The summed E-state index contributed by atoms with van der Waals surface area (Å²) in [7, 11) is -4.94. The Kier molecular flexibility index (Phi) is 10.3.